The molecule has 2 amide bonds. The number of carbonyl (C=O) groups excluding carboxylic acids is 2. The minimum Gasteiger partial charge on any atom is -0.384 e. The Kier molecular flexibility index (Phi) is 3.74. The molecule has 3 rings (SSSR count). The molecule has 1 aliphatic rings. The van der Waals surface area contributed by atoms with Crippen LogP contribution >= 0.6 is 0 Å². The summed E-state index contributed by atoms with van der Waals surface area (Å²) in [5.41, 5.74) is 6.90. The first-order valence-electron chi connectivity index (χ1n) is 7.01. The summed E-state index contributed by atoms with van der Waals surface area (Å²) in [4.78, 5) is 31.8. The largest absolute Gasteiger partial charge is 0.384 e. The Morgan fingerprint density at radius 3 is 2.59 bits per heavy atom. The Hall–Kier alpha value is -2.89. The lowest BCUT2D eigenvalue weighted by Gasteiger charge is -2.34. The molecule has 6 nitrogen and oxygen atoms in total. The fourth-order valence-corrected chi connectivity index (χ4v) is 2.49. The molecule has 2 aromatic rings. The molecular weight excluding hydrogens is 280 g/mol. The van der Waals surface area contributed by atoms with E-state index >= 15 is 0 Å². The number of nitrogens with zero attached hydrogens (tertiary/aromatic N) is 3. The molecule has 112 valence electrons. The van der Waals surface area contributed by atoms with Crippen LogP contribution in [-0.4, -0.2) is 41.3 Å². The summed E-state index contributed by atoms with van der Waals surface area (Å²) in [6.07, 6.45) is 1.49. The van der Waals surface area contributed by atoms with Crippen LogP contribution in [0.5, 0.6) is 0 Å². The second-order valence-corrected chi connectivity index (χ2v) is 5.08. The summed E-state index contributed by atoms with van der Waals surface area (Å²) in [5.74, 6) is 0.00286. The van der Waals surface area contributed by atoms with Gasteiger partial charge in [-0.05, 0) is 24.3 Å². The van der Waals surface area contributed by atoms with Crippen LogP contribution in [0.3, 0.4) is 0 Å². The van der Waals surface area contributed by atoms with Gasteiger partial charge in [-0.3, -0.25) is 9.59 Å². The van der Waals surface area contributed by atoms with Crippen LogP contribution in [0.25, 0.3) is 0 Å². The van der Waals surface area contributed by atoms with Gasteiger partial charge in [-0.1, -0.05) is 18.2 Å². The quantitative estimate of drug-likeness (QED) is 0.901. The molecule has 0 bridgehead atoms. The zero-order chi connectivity index (χ0) is 15.5. The van der Waals surface area contributed by atoms with Crippen LogP contribution in [0.4, 0.5) is 11.5 Å². The number of nitrogens with two attached hydrogens (primary N) is 1. The third-order valence-electron chi connectivity index (χ3n) is 3.60. The van der Waals surface area contributed by atoms with E-state index in [1.807, 2.05) is 30.3 Å². The number of pyridine rings is 1. The molecule has 0 radical (unpaired) electrons. The van der Waals surface area contributed by atoms with Gasteiger partial charge in [0.25, 0.3) is 5.91 Å². The summed E-state index contributed by atoms with van der Waals surface area (Å²) in [5, 5.41) is 0. The number of aromatic nitrogens is 1. The van der Waals surface area contributed by atoms with Crippen molar-refractivity contribution in [2.45, 2.75) is 0 Å². The van der Waals surface area contributed by atoms with Crippen molar-refractivity contribution in [1.29, 1.82) is 0 Å². The SMILES string of the molecule is Nc1cc(C(=O)N2CCN(c3ccccc3)C(=O)C2)ccn1. The second kappa shape index (κ2) is 5.85. The average Bonchev–Trinajstić information content (AvgIpc) is 2.55. The van der Waals surface area contributed by atoms with Crippen LogP contribution < -0.4 is 10.6 Å². The number of para-hydroxylation sites is 1. The van der Waals surface area contributed by atoms with E-state index in [1.165, 1.54) is 17.2 Å². The fraction of sp³-hybridized carbons (Fsp3) is 0.188. The Balaban J connectivity index is 1.73. The van der Waals surface area contributed by atoms with E-state index in [9.17, 15) is 9.59 Å². The first-order chi connectivity index (χ1) is 10.6. The van der Waals surface area contributed by atoms with Crippen molar-refractivity contribution in [3.05, 3.63) is 54.2 Å². The molecule has 2 N–H and O–H groups in total. The van der Waals surface area contributed by atoms with Crippen LogP contribution in [0.1, 0.15) is 10.4 Å². The van der Waals surface area contributed by atoms with E-state index < -0.39 is 0 Å². The lowest BCUT2D eigenvalue weighted by molar-refractivity contribution is -0.120. The Labute approximate surface area is 128 Å². The van der Waals surface area contributed by atoms with Crippen molar-refractivity contribution < 1.29 is 9.59 Å². The van der Waals surface area contributed by atoms with E-state index in [2.05, 4.69) is 4.98 Å². The molecule has 0 aliphatic carbocycles. The minimum atomic E-state index is -0.199. The van der Waals surface area contributed by atoms with Gasteiger partial charge in [0, 0.05) is 30.5 Å². The van der Waals surface area contributed by atoms with Gasteiger partial charge in [0.05, 0.1) is 0 Å². The van der Waals surface area contributed by atoms with E-state index in [0.29, 0.717) is 24.5 Å². The number of amides is 2. The molecule has 22 heavy (non-hydrogen) atoms. The zero-order valence-electron chi connectivity index (χ0n) is 12.0. The van der Waals surface area contributed by atoms with Gasteiger partial charge < -0.3 is 15.5 Å². The highest BCUT2D eigenvalue weighted by molar-refractivity contribution is 6.01. The first kappa shape index (κ1) is 14.1. The lowest BCUT2D eigenvalue weighted by Crippen LogP contribution is -2.52. The Morgan fingerprint density at radius 2 is 1.91 bits per heavy atom. The van der Waals surface area contributed by atoms with Crippen molar-refractivity contribution in [2.24, 2.45) is 0 Å². The molecule has 0 atom stereocenters. The van der Waals surface area contributed by atoms with Crippen molar-refractivity contribution in [3.63, 3.8) is 0 Å². The molecule has 1 aliphatic heterocycles. The summed E-state index contributed by atoms with van der Waals surface area (Å²) in [6, 6.07) is 12.6. The van der Waals surface area contributed by atoms with Crippen molar-refractivity contribution in [1.82, 2.24) is 9.88 Å². The Bertz CT molecular complexity index is 702. The molecule has 2 heterocycles. The number of rotatable bonds is 2. The highest BCUT2D eigenvalue weighted by atomic mass is 16.2. The smallest absolute Gasteiger partial charge is 0.254 e. The highest BCUT2D eigenvalue weighted by Gasteiger charge is 2.28. The summed E-state index contributed by atoms with van der Waals surface area (Å²) >= 11 is 0. The monoisotopic (exact) mass is 296 g/mol. The van der Waals surface area contributed by atoms with Gasteiger partial charge in [-0.2, -0.15) is 0 Å². The Morgan fingerprint density at radius 1 is 1.14 bits per heavy atom. The van der Waals surface area contributed by atoms with Crippen LogP contribution in [-0.2, 0) is 4.79 Å². The number of anilines is 2. The summed E-state index contributed by atoms with van der Waals surface area (Å²) < 4.78 is 0. The van der Waals surface area contributed by atoms with Gasteiger partial charge in [-0.25, -0.2) is 4.98 Å². The van der Waals surface area contributed by atoms with E-state index in [4.69, 9.17) is 5.73 Å². The van der Waals surface area contributed by atoms with Gasteiger partial charge in [-0.15, -0.1) is 0 Å². The van der Waals surface area contributed by atoms with Crippen molar-refractivity contribution in [3.8, 4) is 0 Å². The predicted octanol–water partition coefficient (Wildman–Crippen LogP) is 1.15. The normalized spacial score (nSPS) is 15.0. The summed E-state index contributed by atoms with van der Waals surface area (Å²) in [7, 11) is 0. The number of nitrogen functional groups attached to an aromatic ring is 1. The standard InChI is InChI=1S/C16H16N4O2/c17-14-10-12(6-7-18-14)16(22)19-8-9-20(15(21)11-19)13-4-2-1-3-5-13/h1-7,10H,8-9,11H2,(H2,17,18). The van der Waals surface area contributed by atoms with Crippen molar-refractivity contribution in [2.75, 3.05) is 30.3 Å². The molecule has 6 heteroatoms. The zero-order valence-corrected chi connectivity index (χ0v) is 12.0. The maximum Gasteiger partial charge on any atom is 0.254 e. The van der Waals surface area contributed by atoms with Crippen LogP contribution in [0.15, 0.2) is 48.7 Å². The molecular formula is C16H16N4O2. The molecule has 0 saturated carbocycles. The predicted molar refractivity (Wildman–Crippen MR) is 83.3 cm³/mol. The fourth-order valence-electron chi connectivity index (χ4n) is 2.49. The van der Waals surface area contributed by atoms with Gasteiger partial charge in [0.2, 0.25) is 5.91 Å². The number of hydrogen-bond donors (Lipinski definition) is 1. The highest BCUT2D eigenvalue weighted by Crippen LogP contribution is 2.18. The molecule has 1 saturated heterocycles. The van der Waals surface area contributed by atoms with Crippen molar-refractivity contribution >= 4 is 23.3 Å². The maximum atomic E-state index is 12.4. The second-order valence-electron chi connectivity index (χ2n) is 5.08. The number of carbonyl (C=O) groups is 2. The van der Waals surface area contributed by atoms with Gasteiger partial charge in [0.15, 0.2) is 0 Å². The number of benzene rings is 1. The third-order valence-corrected chi connectivity index (χ3v) is 3.60. The van der Waals surface area contributed by atoms with E-state index in [-0.39, 0.29) is 18.4 Å². The van der Waals surface area contributed by atoms with Crippen LogP contribution in [0, 0.1) is 0 Å². The third kappa shape index (κ3) is 2.76. The molecule has 0 spiro atoms. The van der Waals surface area contributed by atoms with Crippen LogP contribution in [0.2, 0.25) is 0 Å². The van der Waals surface area contributed by atoms with E-state index in [1.54, 1.807) is 11.0 Å². The number of piperazine rings is 1. The average molecular weight is 296 g/mol. The lowest BCUT2D eigenvalue weighted by atomic mass is 10.2. The molecule has 1 aromatic heterocycles. The minimum absolute atomic E-state index is 0.0654. The molecule has 1 aromatic carbocycles. The molecule has 1 fully saturated rings. The van der Waals surface area contributed by atoms with Gasteiger partial charge in [0.1, 0.15) is 12.4 Å². The summed E-state index contributed by atoms with van der Waals surface area (Å²) in [6.45, 7) is 1.03. The topological polar surface area (TPSA) is 79.5 Å². The van der Waals surface area contributed by atoms with Gasteiger partial charge >= 0.3 is 0 Å². The molecule has 0 unspecified atom stereocenters. The maximum absolute atomic E-state index is 12.4. The number of hydrogen-bond acceptors (Lipinski definition) is 4. The first-order valence-corrected chi connectivity index (χ1v) is 7.01. The van der Waals surface area contributed by atoms with E-state index in [0.717, 1.165) is 5.69 Å².